The predicted octanol–water partition coefficient (Wildman–Crippen LogP) is 3.53. The summed E-state index contributed by atoms with van der Waals surface area (Å²) in [5.74, 6) is 0.319. The zero-order valence-corrected chi connectivity index (χ0v) is 16.2. The molecule has 1 heterocycles. The Hall–Kier alpha value is -2.89. The highest BCUT2D eigenvalue weighted by atomic mass is 19.1. The second-order valence-corrected chi connectivity index (χ2v) is 7.45. The van der Waals surface area contributed by atoms with E-state index < -0.39 is 0 Å². The van der Waals surface area contributed by atoms with Crippen molar-refractivity contribution in [3.05, 3.63) is 59.9 Å². The van der Waals surface area contributed by atoms with E-state index in [-0.39, 0.29) is 30.0 Å². The van der Waals surface area contributed by atoms with Gasteiger partial charge in [0.1, 0.15) is 18.2 Å². The number of anilines is 1. The van der Waals surface area contributed by atoms with Crippen molar-refractivity contribution in [2.45, 2.75) is 26.9 Å². The van der Waals surface area contributed by atoms with Gasteiger partial charge in [-0.05, 0) is 47.9 Å². The van der Waals surface area contributed by atoms with Crippen LogP contribution in [0.15, 0.2) is 48.5 Å². The van der Waals surface area contributed by atoms with Crippen molar-refractivity contribution < 1.29 is 18.7 Å². The van der Waals surface area contributed by atoms with E-state index in [0.29, 0.717) is 31.4 Å². The number of rotatable bonds is 7. The lowest BCUT2D eigenvalue weighted by molar-refractivity contribution is -0.126. The smallest absolute Gasteiger partial charge is 0.227 e. The number of amides is 2. The minimum atomic E-state index is -0.319. The van der Waals surface area contributed by atoms with Gasteiger partial charge in [-0.2, -0.15) is 0 Å². The van der Waals surface area contributed by atoms with E-state index in [0.717, 1.165) is 11.3 Å². The Bertz CT molecular complexity index is 819. The van der Waals surface area contributed by atoms with Crippen molar-refractivity contribution in [3.63, 3.8) is 0 Å². The number of ether oxygens (including phenoxy) is 1. The number of nitrogens with zero attached hydrogens (tertiary/aromatic N) is 1. The van der Waals surface area contributed by atoms with Gasteiger partial charge in [-0.3, -0.25) is 9.59 Å². The molecule has 0 saturated carbocycles. The Balaban J connectivity index is 1.56. The predicted molar refractivity (Wildman–Crippen MR) is 105 cm³/mol. The molecule has 1 saturated heterocycles. The molecule has 2 amide bonds. The Morgan fingerprint density at radius 2 is 1.86 bits per heavy atom. The van der Waals surface area contributed by atoms with E-state index in [9.17, 15) is 14.0 Å². The van der Waals surface area contributed by atoms with Gasteiger partial charge in [0.25, 0.3) is 0 Å². The zero-order valence-electron chi connectivity index (χ0n) is 16.2. The first-order chi connectivity index (χ1) is 13.4. The summed E-state index contributed by atoms with van der Waals surface area (Å²) in [5, 5.41) is 2.90. The van der Waals surface area contributed by atoms with E-state index in [2.05, 4.69) is 5.32 Å². The molecule has 0 bridgehead atoms. The van der Waals surface area contributed by atoms with Crippen LogP contribution in [0.1, 0.15) is 25.8 Å². The fourth-order valence-electron chi connectivity index (χ4n) is 3.05. The molecule has 6 heteroatoms. The molecule has 2 aromatic rings. The summed E-state index contributed by atoms with van der Waals surface area (Å²) >= 11 is 0. The summed E-state index contributed by atoms with van der Waals surface area (Å²) in [5.41, 5.74) is 1.62. The van der Waals surface area contributed by atoms with E-state index in [4.69, 9.17) is 4.74 Å². The maximum Gasteiger partial charge on any atom is 0.227 e. The Morgan fingerprint density at radius 1 is 1.18 bits per heavy atom. The fourth-order valence-corrected chi connectivity index (χ4v) is 3.05. The minimum Gasteiger partial charge on any atom is -0.489 e. The van der Waals surface area contributed by atoms with Crippen molar-refractivity contribution in [1.29, 1.82) is 0 Å². The van der Waals surface area contributed by atoms with Crippen LogP contribution in [0.5, 0.6) is 5.75 Å². The van der Waals surface area contributed by atoms with Crippen LogP contribution in [-0.2, 0) is 16.2 Å². The van der Waals surface area contributed by atoms with Gasteiger partial charge >= 0.3 is 0 Å². The lowest BCUT2D eigenvalue weighted by Crippen LogP contribution is -2.34. The molecular weight excluding hydrogens is 359 g/mol. The van der Waals surface area contributed by atoms with Crippen LogP contribution in [-0.4, -0.2) is 24.9 Å². The minimum absolute atomic E-state index is 0.0512. The topological polar surface area (TPSA) is 58.6 Å². The maximum absolute atomic E-state index is 12.9. The van der Waals surface area contributed by atoms with Gasteiger partial charge in [-0.25, -0.2) is 4.39 Å². The number of halogens is 1. The maximum atomic E-state index is 12.9. The molecule has 1 aliphatic rings. The molecule has 0 spiro atoms. The largest absolute Gasteiger partial charge is 0.489 e. The summed E-state index contributed by atoms with van der Waals surface area (Å²) in [6.45, 7) is 5.40. The first kappa shape index (κ1) is 19.9. The second kappa shape index (κ2) is 8.87. The quantitative estimate of drug-likeness (QED) is 0.795. The molecule has 0 radical (unpaired) electrons. The average Bonchev–Trinajstić information content (AvgIpc) is 3.08. The summed E-state index contributed by atoms with van der Waals surface area (Å²) in [6, 6.07) is 13.4. The van der Waals surface area contributed by atoms with Gasteiger partial charge in [-0.1, -0.05) is 26.0 Å². The standard InChI is InChI=1S/C22H25FN2O3/c1-15(2)12-24-22(27)17-11-21(26)25(13-17)19-7-9-20(10-8-19)28-14-16-3-5-18(23)6-4-16/h3-10,15,17H,11-14H2,1-2H3,(H,24,27). The number of carbonyl (C=O) groups is 2. The Morgan fingerprint density at radius 3 is 2.50 bits per heavy atom. The van der Waals surface area contributed by atoms with Gasteiger partial charge < -0.3 is 15.0 Å². The fraction of sp³-hybridized carbons (Fsp3) is 0.364. The van der Waals surface area contributed by atoms with Crippen LogP contribution in [0.2, 0.25) is 0 Å². The molecule has 1 unspecified atom stereocenters. The molecular formula is C22H25FN2O3. The van der Waals surface area contributed by atoms with Crippen LogP contribution in [0.3, 0.4) is 0 Å². The highest BCUT2D eigenvalue weighted by Crippen LogP contribution is 2.27. The molecule has 1 aliphatic heterocycles. The van der Waals surface area contributed by atoms with Crippen molar-refractivity contribution in [3.8, 4) is 5.75 Å². The Kier molecular flexibility index (Phi) is 6.29. The summed E-state index contributed by atoms with van der Waals surface area (Å²) in [4.78, 5) is 26.2. The second-order valence-electron chi connectivity index (χ2n) is 7.45. The highest BCUT2D eigenvalue weighted by Gasteiger charge is 2.35. The number of benzene rings is 2. The molecule has 0 aromatic heterocycles. The van der Waals surface area contributed by atoms with Crippen molar-refractivity contribution in [2.75, 3.05) is 18.0 Å². The third-order valence-corrected chi connectivity index (χ3v) is 4.65. The molecule has 1 atom stereocenters. The Labute approximate surface area is 164 Å². The van der Waals surface area contributed by atoms with Crippen molar-refractivity contribution >= 4 is 17.5 Å². The monoisotopic (exact) mass is 384 g/mol. The van der Waals surface area contributed by atoms with Crippen LogP contribution in [0, 0.1) is 17.7 Å². The molecule has 3 rings (SSSR count). The van der Waals surface area contributed by atoms with Gasteiger partial charge in [0, 0.05) is 25.2 Å². The van der Waals surface area contributed by atoms with Crippen molar-refractivity contribution in [2.24, 2.45) is 11.8 Å². The van der Waals surface area contributed by atoms with Gasteiger partial charge in [0.15, 0.2) is 0 Å². The summed E-state index contributed by atoms with van der Waals surface area (Å²) in [7, 11) is 0. The third-order valence-electron chi connectivity index (χ3n) is 4.65. The normalized spacial score (nSPS) is 16.5. The van der Waals surface area contributed by atoms with Crippen LogP contribution in [0.25, 0.3) is 0 Å². The van der Waals surface area contributed by atoms with Crippen LogP contribution in [0.4, 0.5) is 10.1 Å². The van der Waals surface area contributed by atoms with Crippen molar-refractivity contribution in [1.82, 2.24) is 5.32 Å². The van der Waals surface area contributed by atoms with Crippen LogP contribution < -0.4 is 15.0 Å². The molecule has 28 heavy (non-hydrogen) atoms. The van der Waals surface area contributed by atoms with Gasteiger partial charge in [0.05, 0.1) is 5.92 Å². The third kappa shape index (κ3) is 5.09. The molecule has 2 aromatic carbocycles. The molecule has 1 N–H and O–H groups in total. The lowest BCUT2D eigenvalue weighted by Gasteiger charge is -2.17. The van der Waals surface area contributed by atoms with Gasteiger partial charge in [0.2, 0.25) is 11.8 Å². The van der Waals surface area contributed by atoms with E-state index in [1.165, 1.54) is 12.1 Å². The average molecular weight is 384 g/mol. The summed E-state index contributed by atoms with van der Waals surface area (Å²) in [6.07, 6.45) is 0.229. The number of nitrogens with one attached hydrogen (secondary N) is 1. The van der Waals surface area contributed by atoms with E-state index in [1.807, 2.05) is 26.0 Å². The molecule has 5 nitrogen and oxygen atoms in total. The van der Waals surface area contributed by atoms with Crippen LogP contribution >= 0.6 is 0 Å². The number of hydrogen-bond donors (Lipinski definition) is 1. The molecule has 148 valence electrons. The van der Waals surface area contributed by atoms with Gasteiger partial charge in [-0.15, -0.1) is 0 Å². The summed E-state index contributed by atoms with van der Waals surface area (Å²) < 4.78 is 18.6. The van der Waals surface area contributed by atoms with E-state index >= 15 is 0 Å². The molecule has 0 aliphatic carbocycles. The first-order valence-electron chi connectivity index (χ1n) is 9.47. The SMILES string of the molecule is CC(C)CNC(=O)C1CC(=O)N(c2ccc(OCc3ccc(F)cc3)cc2)C1. The molecule has 1 fully saturated rings. The zero-order chi connectivity index (χ0) is 20.1. The number of hydrogen-bond acceptors (Lipinski definition) is 3. The van der Waals surface area contributed by atoms with E-state index in [1.54, 1.807) is 29.2 Å². The number of carbonyl (C=O) groups excluding carboxylic acids is 2. The first-order valence-corrected chi connectivity index (χ1v) is 9.47. The lowest BCUT2D eigenvalue weighted by atomic mass is 10.1. The highest BCUT2D eigenvalue weighted by molar-refractivity contribution is 6.00.